The molecule has 0 N–H and O–H groups in total. The average Bonchev–Trinajstić information content (AvgIpc) is 3.26. The molecule has 0 bridgehead atoms. The van der Waals surface area contributed by atoms with Crippen LogP contribution in [0.25, 0.3) is 0 Å². The normalized spacial score (nSPS) is 15.7. The minimum Gasteiger partial charge on any atom is -0.497 e. The van der Waals surface area contributed by atoms with Gasteiger partial charge in [-0.15, -0.1) is 0 Å². The van der Waals surface area contributed by atoms with E-state index in [1.807, 2.05) is 12.1 Å². The molecular weight excluding hydrogens is 374 g/mol. The maximum atomic E-state index is 12.7. The standard InChI is InChI=1S/C22H23NO6/c1-27-17-9-10-20(28-2)18(12-17)19-4-3-11-23(19)21(25)14-29-22(26)16-7-5-15(13-24)6-8-16/h5-10,12-13,19H,3-4,11,14H2,1-2H3/t19-/m1/s1. The average molecular weight is 397 g/mol. The van der Waals surface area contributed by atoms with Crippen LogP contribution in [-0.4, -0.2) is 50.4 Å². The Morgan fingerprint density at radius 1 is 1.10 bits per heavy atom. The van der Waals surface area contributed by atoms with Gasteiger partial charge in [0.05, 0.1) is 25.8 Å². The Morgan fingerprint density at radius 2 is 1.86 bits per heavy atom. The van der Waals surface area contributed by atoms with Crippen molar-refractivity contribution in [2.45, 2.75) is 18.9 Å². The van der Waals surface area contributed by atoms with Crippen LogP contribution in [0.15, 0.2) is 42.5 Å². The third kappa shape index (κ3) is 4.56. The van der Waals surface area contributed by atoms with E-state index >= 15 is 0 Å². The Labute approximate surface area is 169 Å². The van der Waals surface area contributed by atoms with Gasteiger partial charge in [-0.25, -0.2) is 4.79 Å². The van der Waals surface area contributed by atoms with Crippen molar-refractivity contribution in [3.8, 4) is 11.5 Å². The first-order valence-corrected chi connectivity index (χ1v) is 9.31. The number of nitrogens with zero attached hydrogens (tertiary/aromatic N) is 1. The van der Waals surface area contributed by atoms with Gasteiger partial charge in [-0.3, -0.25) is 9.59 Å². The van der Waals surface area contributed by atoms with Gasteiger partial charge in [0.25, 0.3) is 5.91 Å². The second-order valence-electron chi connectivity index (χ2n) is 6.67. The molecule has 29 heavy (non-hydrogen) atoms. The Kier molecular flexibility index (Phi) is 6.49. The molecule has 2 aromatic rings. The lowest BCUT2D eigenvalue weighted by molar-refractivity contribution is -0.135. The van der Waals surface area contributed by atoms with Crippen LogP contribution in [0.1, 0.15) is 45.2 Å². The van der Waals surface area contributed by atoms with E-state index in [9.17, 15) is 14.4 Å². The number of ether oxygens (including phenoxy) is 3. The van der Waals surface area contributed by atoms with Crippen molar-refractivity contribution in [1.29, 1.82) is 0 Å². The van der Waals surface area contributed by atoms with E-state index in [1.54, 1.807) is 25.2 Å². The Bertz CT molecular complexity index is 893. The van der Waals surface area contributed by atoms with Crippen LogP contribution < -0.4 is 9.47 Å². The van der Waals surface area contributed by atoms with E-state index in [0.717, 1.165) is 18.4 Å². The summed E-state index contributed by atoms with van der Waals surface area (Å²) in [6, 6.07) is 11.4. The first kappa shape index (κ1) is 20.4. The smallest absolute Gasteiger partial charge is 0.338 e. The fourth-order valence-electron chi connectivity index (χ4n) is 3.48. The molecule has 1 aliphatic heterocycles. The molecule has 1 atom stereocenters. The number of likely N-dealkylation sites (tertiary alicyclic amines) is 1. The van der Waals surface area contributed by atoms with Crippen LogP contribution >= 0.6 is 0 Å². The lowest BCUT2D eigenvalue weighted by Gasteiger charge is -2.26. The van der Waals surface area contributed by atoms with Gasteiger partial charge in [-0.2, -0.15) is 0 Å². The van der Waals surface area contributed by atoms with Gasteiger partial charge in [-0.1, -0.05) is 12.1 Å². The van der Waals surface area contributed by atoms with E-state index in [0.29, 0.717) is 29.9 Å². The summed E-state index contributed by atoms with van der Waals surface area (Å²) in [5.74, 6) is 0.494. The highest BCUT2D eigenvalue weighted by Crippen LogP contribution is 2.38. The molecule has 0 radical (unpaired) electrons. The fourth-order valence-corrected chi connectivity index (χ4v) is 3.48. The zero-order valence-corrected chi connectivity index (χ0v) is 16.4. The molecule has 0 spiro atoms. The lowest BCUT2D eigenvalue weighted by atomic mass is 10.0. The van der Waals surface area contributed by atoms with Gasteiger partial charge in [0, 0.05) is 17.7 Å². The quantitative estimate of drug-likeness (QED) is 0.528. The summed E-state index contributed by atoms with van der Waals surface area (Å²) >= 11 is 0. The molecular formula is C22H23NO6. The molecule has 1 amide bonds. The van der Waals surface area contributed by atoms with Gasteiger partial charge in [-0.05, 0) is 43.2 Å². The van der Waals surface area contributed by atoms with Crippen molar-refractivity contribution in [1.82, 2.24) is 4.90 Å². The van der Waals surface area contributed by atoms with Gasteiger partial charge >= 0.3 is 5.97 Å². The SMILES string of the molecule is COc1ccc(OC)c([C@H]2CCCN2C(=O)COC(=O)c2ccc(C=O)cc2)c1. The molecule has 152 valence electrons. The molecule has 0 aromatic heterocycles. The topological polar surface area (TPSA) is 82.1 Å². The maximum Gasteiger partial charge on any atom is 0.338 e. The summed E-state index contributed by atoms with van der Waals surface area (Å²) in [6.07, 6.45) is 2.33. The number of carbonyl (C=O) groups excluding carboxylic acids is 3. The van der Waals surface area contributed by atoms with E-state index < -0.39 is 5.97 Å². The number of esters is 1. The molecule has 0 saturated carbocycles. The number of rotatable bonds is 7. The van der Waals surface area contributed by atoms with Crippen molar-refractivity contribution in [2.24, 2.45) is 0 Å². The second kappa shape index (κ2) is 9.23. The maximum absolute atomic E-state index is 12.7. The number of benzene rings is 2. The fraction of sp³-hybridized carbons (Fsp3) is 0.318. The van der Waals surface area contributed by atoms with Crippen LogP contribution in [0, 0.1) is 0 Å². The molecule has 7 nitrogen and oxygen atoms in total. The summed E-state index contributed by atoms with van der Waals surface area (Å²) in [5, 5.41) is 0. The van der Waals surface area contributed by atoms with Crippen LogP contribution in [0.5, 0.6) is 11.5 Å². The summed E-state index contributed by atoms with van der Waals surface area (Å²) < 4.78 is 15.9. The highest BCUT2D eigenvalue weighted by atomic mass is 16.5. The minimum atomic E-state index is -0.606. The molecule has 0 aliphatic carbocycles. The Balaban J connectivity index is 1.68. The molecule has 1 fully saturated rings. The Hall–Kier alpha value is -3.35. The van der Waals surface area contributed by atoms with Crippen LogP contribution in [0.4, 0.5) is 0 Å². The highest BCUT2D eigenvalue weighted by molar-refractivity contribution is 5.92. The van der Waals surface area contributed by atoms with Gasteiger partial charge in [0.2, 0.25) is 0 Å². The van der Waals surface area contributed by atoms with E-state index in [2.05, 4.69) is 0 Å². The summed E-state index contributed by atoms with van der Waals surface area (Å²) in [4.78, 5) is 37.3. The van der Waals surface area contributed by atoms with E-state index in [-0.39, 0.29) is 24.1 Å². The van der Waals surface area contributed by atoms with Crippen LogP contribution in [-0.2, 0) is 9.53 Å². The van der Waals surface area contributed by atoms with Gasteiger partial charge < -0.3 is 19.1 Å². The number of methoxy groups -OCH3 is 2. The Morgan fingerprint density at radius 3 is 2.52 bits per heavy atom. The summed E-state index contributed by atoms with van der Waals surface area (Å²) in [7, 11) is 3.17. The third-order valence-electron chi connectivity index (χ3n) is 4.98. The van der Waals surface area contributed by atoms with Gasteiger partial charge in [0.1, 0.15) is 17.8 Å². The molecule has 0 unspecified atom stereocenters. The summed E-state index contributed by atoms with van der Waals surface area (Å²) in [5.41, 5.74) is 1.62. The van der Waals surface area contributed by atoms with Crippen molar-refractivity contribution in [3.05, 3.63) is 59.2 Å². The van der Waals surface area contributed by atoms with Gasteiger partial charge in [0.15, 0.2) is 6.61 Å². The van der Waals surface area contributed by atoms with Crippen molar-refractivity contribution in [3.63, 3.8) is 0 Å². The number of aldehydes is 1. The minimum absolute atomic E-state index is 0.168. The zero-order chi connectivity index (χ0) is 20.8. The summed E-state index contributed by atoms with van der Waals surface area (Å²) in [6.45, 7) is 0.229. The predicted molar refractivity (Wildman–Crippen MR) is 105 cm³/mol. The zero-order valence-electron chi connectivity index (χ0n) is 16.4. The number of hydrogen-bond donors (Lipinski definition) is 0. The predicted octanol–water partition coefficient (Wildman–Crippen LogP) is 3.04. The largest absolute Gasteiger partial charge is 0.497 e. The highest BCUT2D eigenvalue weighted by Gasteiger charge is 2.32. The molecule has 7 heteroatoms. The molecule has 1 saturated heterocycles. The number of amides is 1. The number of carbonyl (C=O) groups is 3. The molecule has 1 aliphatic rings. The first-order chi connectivity index (χ1) is 14.1. The van der Waals surface area contributed by atoms with E-state index in [1.165, 1.54) is 24.3 Å². The molecule has 1 heterocycles. The third-order valence-corrected chi connectivity index (χ3v) is 4.98. The lowest BCUT2D eigenvalue weighted by Crippen LogP contribution is -2.34. The number of hydrogen-bond acceptors (Lipinski definition) is 6. The van der Waals surface area contributed by atoms with Crippen molar-refractivity contribution >= 4 is 18.2 Å². The molecule has 3 rings (SSSR count). The molecule has 2 aromatic carbocycles. The second-order valence-corrected chi connectivity index (χ2v) is 6.67. The van der Waals surface area contributed by atoms with Crippen molar-refractivity contribution < 1.29 is 28.6 Å². The monoisotopic (exact) mass is 397 g/mol. The van der Waals surface area contributed by atoms with E-state index in [4.69, 9.17) is 14.2 Å². The van der Waals surface area contributed by atoms with Crippen LogP contribution in [0.3, 0.4) is 0 Å². The van der Waals surface area contributed by atoms with Crippen molar-refractivity contribution in [2.75, 3.05) is 27.4 Å². The van der Waals surface area contributed by atoms with Crippen LogP contribution in [0.2, 0.25) is 0 Å². The first-order valence-electron chi connectivity index (χ1n) is 9.31.